The second-order valence-corrected chi connectivity index (χ2v) is 5.63. The van der Waals surface area contributed by atoms with Crippen LogP contribution in [0.4, 0.5) is 0 Å². The molecule has 0 radical (unpaired) electrons. The first-order valence-electron chi connectivity index (χ1n) is 7.16. The molecule has 0 amide bonds. The summed E-state index contributed by atoms with van der Waals surface area (Å²) in [6.45, 7) is 9.41. The van der Waals surface area contributed by atoms with Gasteiger partial charge in [-0.2, -0.15) is 0 Å². The second-order valence-electron chi connectivity index (χ2n) is 5.63. The summed E-state index contributed by atoms with van der Waals surface area (Å²) in [7, 11) is 0. The Bertz CT molecular complexity index is 217. The number of hydrogen-bond donors (Lipinski definition) is 2. The van der Waals surface area contributed by atoms with Crippen LogP contribution in [0.1, 0.15) is 40.0 Å². The number of rotatable bonds is 11. The van der Waals surface area contributed by atoms with Crippen molar-refractivity contribution in [2.45, 2.75) is 52.2 Å². The minimum Gasteiger partial charge on any atom is -0.389 e. The standard InChI is InChI=1S/C14H29NO3/c1-4-14(5-6-14)11-15-9-13(16)10-17-7-8-18-12(2)3/h12-13,15-16H,4-11H2,1-3H3. The Morgan fingerprint density at radius 1 is 1.28 bits per heavy atom. The molecule has 4 heteroatoms. The lowest BCUT2D eigenvalue weighted by molar-refractivity contribution is -0.0101. The van der Waals surface area contributed by atoms with Crippen LogP contribution >= 0.6 is 0 Å². The van der Waals surface area contributed by atoms with E-state index in [4.69, 9.17) is 9.47 Å². The van der Waals surface area contributed by atoms with Gasteiger partial charge in [0.15, 0.2) is 0 Å². The highest BCUT2D eigenvalue weighted by atomic mass is 16.5. The van der Waals surface area contributed by atoms with Gasteiger partial charge in [0.1, 0.15) is 0 Å². The summed E-state index contributed by atoms with van der Waals surface area (Å²) in [4.78, 5) is 0. The van der Waals surface area contributed by atoms with Crippen LogP contribution in [-0.2, 0) is 9.47 Å². The predicted molar refractivity (Wildman–Crippen MR) is 72.7 cm³/mol. The Hall–Kier alpha value is -0.160. The molecule has 0 aromatic carbocycles. The third kappa shape index (κ3) is 6.69. The molecule has 0 heterocycles. The van der Waals surface area contributed by atoms with Crippen molar-refractivity contribution in [3.05, 3.63) is 0 Å². The summed E-state index contributed by atoms with van der Waals surface area (Å²) in [5.41, 5.74) is 0.533. The van der Waals surface area contributed by atoms with Gasteiger partial charge in [-0.3, -0.25) is 0 Å². The fourth-order valence-electron chi connectivity index (χ4n) is 1.96. The third-order valence-corrected chi connectivity index (χ3v) is 3.58. The molecule has 1 unspecified atom stereocenters. The molecule has 18 heavy (non-hydrogen) atoms. The second kappa shape index (κ2) is 8.10. The highest BCUT2D eigenvalue weighted by Gasteiger charge is 2.39. The molecule has 1 atom stereocenters. The smallest absolute Gasteiger partial charge is 0.0897 e. The van der Waals surface area contributed by atoms with E-state index in [1.165, 1.54) is 19.3 Å². The minimum absolute atomic E-state index is 0.240. The molecular formula is C14H29NO3. The summed E-state index contributed by atoms with van der Waals surface area (Å²) in [5.74, 6) is 0. The average molecular weight is 259 g/mol. The summed E-state index contributed by atoms with van der Waals surface area (Å²) < 4.78 is 10.7. The van der Waals surface area contributed by atoms with Gasteiger partial charge in [0.05, 0.1) is 32.0 Å². The fourth-order valence-corrected chi connectivity index (χ4v) is 1.96. The zero-order chi connectivity index (χ0) is 13.4. The summed E-state index contributed by atoms with van der Waals surface area (Å²) in [6, 6.07) is 0. The normalized spacial score (nSPS) is 19.2. The van der Waals surface area contributed by atoms with E-state index in [2.05, 4.69) is 12.2 Å². The van der Waals surface area contributed by atoms with E-state index in [9.17, 15) is 5.11 Å². The van der Waals surface area contributed by atoms with Crippen LogP contribution in [0.15, 0.2) is 0 Å². The van der Waals surface area contributed by atoms with E-state index < -0.39 is 6.10 Å². The van der Waals surface area contributed by atoms with Gasteiger partial charge >= 0.3 is 0 Å². The Labute approximate surface area is 111 Å². The van der Waals surface area contributed by atoms with Crippen molar-refractivity contribution in [1.82, 2.24) is 5.32 Å². The number of ether oxygens (including phenoxy) is 2. The Balaban J connectivity index is 1.89. The first-order chi connectivity index (χ1) is 8.58. The molecule has 1 aliphatic rings. The zero-order valence-electron chi connectivity index (χ0n) is 12.1. The molecule has 0 bridgehead atoms. The van der Waals surface area contributed by atoms with Gasteiger partial charge in [-0.1, -0.05) is 6.92 Å². The van der Waals surface area contributed by atoms with Crippen molar-refractivity contribution in [3.63, 3.8) is 0 Å². The van der Waals surface area contributed by atoms with Gasteiger partial charge in [-0.05, 0) is 38.5 Å². The molecule has 0 aliphatic heterocycles. The quantitative estimate of drug-likeness (QED) is 0.553. The van der Waals surface area contributed by atoms with E-state index in [0.717, 1.165) is 6.54 Å². The van der Waals surface area contributed by atoms with Crippen molar-refractivity contribution < 1.29 is 14.6 Å². The maximum absolute atomic E-state index is 9.72. The van der Waals surface area contributed by atoms with Gasteiger partial charge in [-0.25, -0.2) is 0 Å². The highest BCUT2D eigenvalue weighted by molar-refractivity contribution is 4.93. The largest absolute Gasteiger partial charge is 0.389 e. The van der Waals surface area contributed by atoms with Crippen LogP contribution in [-0.4, -0.2) is 50.2 Å². The monoisotopic (exact) mass is 259 g/mol. The van der Waals surface area contributed by atoms with Crippen LogP contribution in [0.5, 0.6) is 0 Å². The van der Waals surface area contributed by atoms with E-state index in [0.29, 0.717) is 31.8 Å². The van der Waals surface area contributed by atoms with Crippen LogP contribution in [0, 0.1) is 5.41 Å². The SMILES string of the molecule is CCC1(CNCC(O)COCCOC(C)C)CC1. The first-order valence-corrected chi connectivity index (χ1v) is 7.16. The van der Waals surface area contributed by atoms with E-state index in [1.807, 2.05) is 13.8 Å². The van der Waals surface area contributed by atoms with Gasteiger partial charge in [0.25, 0.3) is 0 Å². The molecule has 1 fully saturated rings. The van der Waals surface area contributed by atoms with Crippen LogP contribution in [0.2, 0.25) is 0 Å². The zero-order valence-corrected chi connectivity index (χ0v) is 12.1. The van der Waals surface area contributed by atoms with E-state index in [1.54, 1.807) is 0 Å². The summed E-state index contributed by atoms with van der Waals surface area (Å²) in [5, 5.41) is 13.1. The molecule has 0 aromatic rings. The van der Waals surface area contributed by atoms with E-state index in [-0.39, 0.29) is 6.10 Å². The molecule has 1 saturated carbocycles. The lowest BCUT2D eigenvalue weighted by atomic mass is 10.0. The Kier molecular flexibility index (Phi) is 7.15. The van der Waals surface area contributed by atoms with Crippen molar-refractivity contribution in [3.8, 4) is 0 Å². The maximum Gasteiger partial charge on any atom is 0.0897 e. The third-order valence-electron chi connectivity index (χ3n) is 3.58. The summed E-state index contributed by atoms with van der Waals surface area (Å²) >= 11 is 0. The Morgan fingerprint density at radius 2 is 2.00 bits per heavy atom. The number of aliphatic hydroxyl groups is 1. The van der Waals surface area contributed by atoms with Crippen molar-refractivity contribution in [1.29, 1.82) is 0 Å². The maximum atomic E-state index is 9.72. The Morgan fingerprint density at radius 3 is 2.56 bits per heavy atom. The van der Waals surface area contributed by atoms with Gasteiger partial charge < -0.3 is 19.9 Å². The molecule has 4 nitrogen and oxygen atoms in total. The molecule has 108 valence electrons. The van der Waals surface area contributed by atoms with Crippen molar-refractivity contribution >= 4 is 0 Å². The average Bonchev–Trinajstić information content (AvgIpc) is 3.09. The summed E-state index contributed by atoms with van der Waals surface area (Å²) in [6.07, 6.45) is 3.71. The van der Waals surface area contributed by atoms with Crippen LogP contribution in [0.25, 0.3) is 0 Å². The van der Waals surface area contributed by atoms with Gasteiger partial charge in [-0.15, -0.1) is 0 Å². The minimum atomic E-state index is -0.420. The number of aliphatic hydroxyl groups excluding tert-OH is 1. The van der Waals surface area contributed by atoms with Crippen molar-refractivity contribution in [2.24, 2.45) is 5.41 Å². The highest BCUT2D eigenvalue weighted by Crippen LogP contribution is 2.47. The fraction of sp³-hybridized carbons (Fsp3) is 1.00. The molecule has 0 spiro atoms. The van der Waals surface area contributed by atoms with Gasteiger partial charge in [0.2, 0.25) is 0 Å². The van der Waals surface area contributed by atoms with E-state index >= 15 is 0 Å². The van der Waals surface area contributed by atoms with Crippen LogP contribution < -0.4 is 5.32 Å². The number of nitrogens with one attached hydrogen (secondary N) is 1. The lowest BCUT2D eigenvalue weighted by Crippen LogP contribution is -2.34. The molecule has 1 aliphatic carbocycles. The van der Waals surface area contributed by atoms with Gasteiger partial charge in [0, 0.05) is 13.1 Å². The molecule has 0 saturated heterocycles. The molecule has 1 rings (SSSR count). The molecule has 2 N–H and O–H groups in total. The molecule has 0 aromatic heterocycles. The topological polar surface area (TPSA) is 50.7 Å². The molecular weight excluding hydrogens is 230 g/mol. The first kappa shape index (κ1) is 15.9. The van der Waals surface area contributed by atoms with Crippen LogP contribution in [0.3, 0.4) is 0 Å². The predicted octanol–water partition coefficient (Wildman–Crippen LogP) is 1.57. The number of hydrogen-bond acceptors (Lipinski definition) is 4. The lowest BCUT2D eigenvalue weighted by Gasteiger charge is -2.16. The van der Waals surface area contributed by atoms with Crippen molar-refractivity contribution in [2.75, 3.05) is 32.9 Å².